The van der Waals surface area contributed by atoms with Gasteiger partial charge in [0, 0.05) is 6.42 Å². The second-order valence-corrected chi connectivity index (χ2v) is 5.40. The van der Waals surface area contributed by atoms with Crippen LogP contribution in [0.25, 0.3) is 0 Å². The summed E-state index contributed by atoms with van der Waals surface area (Å²) in [6.07, 6.45) is -0.250. The Labute approximate surface area is 136 Å². The number of hydrogen-bond donors (Lipinski definition) is 0. The van der Waals surface area contributed by atoms with Crippen LogP contribution in [0.5, 0.6) is 0 Å². The molecule has 2 aromatic carbocycles. The lowest BCUT2D eigenvalue weighted by atomic mass is 10.2. The molecule has 0 unspecified atom stereocenters. The quantitative estimate of drug-likeness (QED) is 0.760. The van der Waals surface area contributed by atoms with Crippen LogP contribution in [0.3, 0.4) is 0 Å². The summed E-state index contributed by atoms with van der Waals surface area (Å²) in [7, 11) is 0. The van der Waals surface area contributed by atoms with Gasteiger partial charge < -0.3 is 9.47 Å². The molecule has 0 bridgehead atoms. The predicted molar refractivity (Wildman–Crippen MR) is 87.3 cm³/mol. The van der Waals surface area contributed by atoms with E-state index in [0.29, 0.717) is 17.5 Å². The van der Waals surface area contributed by atoms with Gasteiger partial charge in [0.15, 0.2) is 0 Å². The van der Waals surface area contributed by atoms with Crippen molar-refractivity contribution in [2.45, 2.75) is 32.5 Å². The van der Waals surface area contributed by atoms with Crippen molar-refractivity contribution >= 4 is 11.9 Å². The van der Waals surface area contributed by atoms with Crippen LogP contribution in [0.4, 0.5) is 0 Å². The van der Waals surface area contributed by atoms with E-state index in [-0.39, 0.29) is 24.1 Å². The summed E-state index contributed by atoms with van der Waals surface area (Å²) in [5.74, 6) is -0.751. The lowest BCUT2D eigenvalue weighted by Crippen LogP contribution is -2.23. The first-order valence-electron chi connectivity index (χ1n) is 7.58. The van der Waals surface area contributed by atoms with Gasteiger partial charge in [-0.25, -0.2) is 9.59 Å². The average molecular weight is 312 g/mol. The van der Waals surface area contributed by atoms with Crippen molar-refractivity contribution in [2.75, 3.05) is 0 Å². The van der Waals surface area contributed by atoms with Crippen LogP contribution in [0.15, 0.2) is 60.7 Å². The molecule has 2 aromatic rings. The zero-order valence-electron chi connectivity index (χ0n) is 13.3. The number of hydrogen-bond acceptors (Lipinski definition) is 4. The first kappa shape index (κ1) is 16.7. The van der Waals surface area contributed by atoms with Gasteiger partial charge in [-0.3, -0.25) is 0 Å². The minimum absolute atomic E-state index is 0.346. The minimum atomic E-state index is -0.375. The molecular weight excluding hydrogens is 292 g/mol. The van der Waals surface area contributed by atoms with Gasteiger partial charge >= 0.3 is 11.9 Å². The fraction of sp³-hybridized carbons (Fsp3) is 0.263. The molecule has 0 amide bonds. The highest BCUT2D eigenvalue weighted by Crippen LogP contribution is 2.12. The number of carbonyl (C=O) groups is 2. The maximum Gasteiger partial charge on any atom is 0.338 e. The maximum absolute atomic E-state index is 12.0. The summed E-state index contributed by atoms with van der Waals surface area (Å²) in [5.41, 5.74) is 1.02. The van der Waals surface area contributed by atoms with E-state index < -0.39 is 0 Å². The molecule has 0 heterocycles. The molecule has 0 aliphatic rings. The van der Waals surface area contributed by atoms with Crippen LogP contribution < -0.4 is 0 Å². The van der Waals surface area contributed by atoms with Crippen LogP contribution in [0.1, 0.15) is 41.0 Å². The lowest BCUT2D eigenvalue weighted by Gasteiger charge is -2.18. The zero-order chi connectivity index (χ0) is 16.7. The Morgan fingerprint density at radius 1 is 0.739 bits per heavy atom. The summed E-state index contributed by atoms with van der Waals surface area (Å²) >= 11 is 0. The molecule has 4 nitrogen and oxygen atoms in total. The summed E-state index contributed by atoms with van der Waals surface area (Å²) in [4.78, 5) is 23.9. The second-order valence-electron chi connectivity index (χ2n) is 5.40. The molecule has 0 spiro atoms. The Morgan fingerprint density at radius 3 is 1.43 bits per heavy atom. The van der Waals surface area contributed by atoms with Crippen molar-refractivity contribution in [3.05, 3.63) is 71.8 Å². The van der Waals surface area contributed by atoms with Gasteiger partial charge in [0.2, 0.25) is 0 Å². The van der Waals surface area contributed by atoms with Crippen LogP contribution in [-0.4, -0.2) is 24.1 Å². The van der Waals surface area contributed by atoms with E-state index in [2.05, 4.69) is 0 Å². The summed E-state index contributed by atoms with van der Waals surface area (Å²) in [6.45, 7) is 3.57. The topological polar surface area (TPSA) is 52.6 Å². The zero-order valence-corrected chi connectivity index (χ0v) is 13.3. The SMILES string of the molecule is C[C@H](C[C@H](C)OC(=O)c1ccccc1)OC(=O)c1ccccc1. The molecule has 0 aromatic heterocycles. The molecule has 0 N–H and O–H groups in total. The van der Waals surface area contributed by atoms with Crippen molar-refractivity contribution in [3.8, 4) is 0 Å². The molecule has 2 rings (SSSR count). The molecule has 0 saturated carbocycles. The molecule has 0 aliphatic carbocycles. The molecule has 0 fully saturated rings. The van der Waals surface area contributed by atoms with E-state index in [1.807, 2.05) is 12.1 Å². The van der Waals surface area contributed by atoms with Crippen LogP contribution in [0.2, 0.25) is 0 Å². The Hall–Kier alpha value is -2.62. The highest BCUT2D eigenvalue weighted by Gasteiger charge is 2.18. The van der Waals surface area contributed by atoms with E-state index in [4.69, 9.17) is 9.47 Å². The summed E-state index contributed by atoms with van der Waals surface area (Å²) in [6, 6.07) is 17.6. The molecule has 120 valence electrons. The molecule has 0 aliphatic heterocycles. The van der Waals surface area contributed by atoms with Crippen molar-refractivity contribution in [1.82, 2.24) is 0 Å². The fourth-order valence-corrected chi connectivity index (χ4v) is 2.21. The van der Waals surface area contributed by atoms with Gasteiger partial charge in [-0.2, -0.15) is 0 Å². The molecule has 0 radical (unpaired) electrons. The van der Waals surface area contributed by atoms with E-state index in [1.165, 1.54) is 0 Å². The van der Waals surface area contributed by atoms with Crippen molar-refractivity contribution in [3.63, 3.8) is 0 Å². The van der Waals surface area contributed by atoms with Crippen LogP contribution in [-0.2, 0) is 9.47 Å². The smallest absolute Gasteiger partial charge is 0.338 e. The van der Waals surface area contributed by atoms with Gasteiger partial charge in [-0.1, -0.05) is 36.4 Å². The van der Waals surface area contributed by atoms with Gasteiger partial charge in [0.1, 0.15) is 12.2 Å². The van der Waals surface area contributed by atoms with E-state index in [1.54, 1.807) is 62.4 Å². The molecule has 4 heteroatoms. The molecule has 23 heavy (non-hydrogen) atoms. The first-order valence-corrected chi connectivity index (χ1v) is 7.58. The van der Waals surface area contributed by atoms with Crippen molar-refractivity contribution in [2.24, 2.45) is 0 Å². The molecule has 2 atom stereocenters. The Balaban J connectivity index is 1.82. The number of esters is 2. The number of ether oxygens (including phenoxy) is 2. The number of carbonyl (C=O) groups excluding carboxylic acids is 2. The highest BCUT2D eigenvalue weighted by molar-refractivity contribution is 5.90. The average Bonchev–Trinajstić information content (AvgIpc) is 2.56. The third-order valence-corrected chi connectivity index (χ3v) is 3.30. The largest absolute Gasteiger partial charge is 0.459 e. The van der Waals surface area contributed by atoms with Crippen LogP contribution in [0, 0.1) is 0 Å². The molecular formula is C19H20O4. The third kappa shape index (κ3) is 5.25. The highest BCUT2D eigenvalue weighted by atomic mass is 16.6. The summed E-state index contributed by atoms with van der Waals surface area (Å²) in [5, 5.41) is 0. The molecule has 0 saturated heterocycles. The second kappa shape index (κ2) is 8.13. The van der Waals surface area contributed by atoms with Crippen molar-refractivity contribution < 1.29 is 19.1 Å². The van der Waals surface area contributed by atoms with Gasteiger partial charge in [-0.15, -0.1) is 0 Å². The first-order chi connectivity index (χ1) is 11.1. The standard InChI is InChI=1S/C19H20O4/c1-14(22-18(20)16-9-5-3-6-10-16)13-15(2)23-19(21)17-11-7-4-8-12-17/h3-12,14-15H,13H2,1-2H3/t14-,15+. The third-order valence-electron chi connectivity index (χ3n) is 3.30. The monoisotopic (exact) mass is 312 g/mol. The Kier molecular flexibility index (Phi) is 5.92. The number of benzene rings is 2. The van der Waals surface area contributed by atoms with Gasteiger partial charge in [-0.05, 0) is 38.1 Å². The maximum atomic E-state index is 12.0. The Morgan fingerprint density at radius 2 is 1.09 bits per heavy atom. The van der Waals surface area contributed by atoms with E-state index >= 15 is 0 Å². The normalized spacial score (nSPS) is 13.0. The van der Waals surface area contributed by atoms with E-state index in [0.717, 1.165) is 0 Å². The van der Waals surface area contributed by atoms with Crippen LogP contribution >= 0.6 is 0 Å². The van der Waals surface area contributed by atoms with Gasteiger partial charge in [0.25, 0.3) is 0 Å². The van der Waals surface area contributed by atoms with E-state index in [9.17, 15) is 9.59 Å². The lowest BCUT2D eigenvalue weighted by molar-refractivity contribution is 0.00764. The Bertz CT molecular complexity index is 579. The van der Waals surface area contributed by atoms with Crippen molar-refractivity contribution in [1.29, 1.82) is 0 Å². The number of rotatable bonds is 6. The van der Waals surface area contributed by atoms with Gasteiger partial charge in [0.05, 0.1) is 11.1 Å². The predicted octanol–water partition coefficient (Wildman–Crippen LogP) is 3.87. The summed E-state index contributed by atoms with van der Waals surface area (Å²) < 4.78 is 10.7. The minimum Gasteiger partial charge on any atom is -0.459 e. The fourth-order valence-electron chi connectivity index (χ4n) is 2.21.